The van der Waals surface area contributed by atoms with Crippen LogP contribution in [0, 0.1) is 5.82 Å². The molecule has 0 bridgehead atoms. The maximum atomic E-state index is 14.1. The highest BCUT2D eigenvalue weighted by atomic mass is 32.1. The summed E-state index contributed by atoms with van der Waals surface area (Å²) in [5, 5.41) is 4.69. The number of halogens is 1. The number of urea groups is 1. The van der Waals surface area contributed by atoms with Crippen LogP contribution in [0.15, 0.2) is 18.2 Å². The Kier molecular flexibility index (Phi) is 6.43. The summed E-state index contributed by atoms with van der Waals surface area (Å²) in [6.07, 6.45) is 0. The smallest absolute Gasteiger partial charge is 0.349 e. The fourth-order valence-corrected chi connectivity index (χ4v) is 3.29. The third-order valence-electron chi connectivity index (χ3n) is 3.16. The van der Waals surface area contributed by atoms with Crippen molar-refractivity contribution >= 4 is 39.3 Å². The fraction of sp³-hybridized carbons (Fsp3) is 0.312. The van der Waals surface area contributed by atoms with Crippen LogP contribution >= 0.6 is 11.3 Å². The molecule has 134 valence electrons. The van der Waals surface area contributed by atoms with Crippen molar-refractivity contribution in [2.45, 2.75) is 13.5 Å². The Morgan fingerprint density at radius 3 is 2.72 bits per heavy atom. The predicted octanol–water partition coefficient (Wildman–Crippen LogP) is 2.19. The lowest BCUT2D eigenvalue weighted by atomic mass is 10.1. The largest absolute Gasteiger partial charge is 0.451 e. The second-order valence-electron chi connectivity index (χ2n) is 4.94. The van der Waals surface area contributed by atoms with Crippen LogP contribution in [0.4, 0.5) is 9.18 Å². The van der Waals surface area contributed by atoms with E-state index in [1.807, 2.05) is 5.32 Å². The third-order valence-corrected chi connectivity index (χ3v) is 4.34. The number of ether oxygens (including phenoxy) is 2. The standard InChI is InChI=1S/C16H17FN2O5S/c1-3-18-16(22)19-12(20)8-24-15(21)14-9(7-23-2)13-10(17)5-4-6-11(13)25-14/h4-6H,3,7-8H2,1-2H3,(H2,18,19,20,22). The first kappa shape index (κ1) is 18.8. The van der Waals surface area contributed by atoms with E-state index < -0.39 is 30.3 Å². The van der Waals surface area contributed by atoms with Gasteiger partial charge in [-0.05, 0) is 19.1 Å². The molecule has 3 amide bonds. The predicted molar refractivity (Wildman–Crippen MR) is 90.0 cm³/mol. The van der Waals surface area contributed by atoms with E-state index in [4.69, 9.17) is 9.47 Å². The van der Waals surface area contributed by atoms with Gasteiger partial charge in [-0.3, -0.25) is 10.1 Å². The Hall–Kier alpha value is -2.52. The van der Waals surface area contributed by atoms with Crippen molar-refractivity contribution in [1.82, 2.24) is 10.6 Å². The number of methoxy groups -OCH3 is 1. The summed E-state index contributed by atoms with van der Waals surface area (Å²) in [6, 6.07) is 3.84. The Morgan fingerprint density at radius 1 is 1.28 bits per heavy atom. The Balaban J connectivity index is 2.14. The van der Waals surface area contributed by atoms with E-state index in [2.05, 4.69) is 5.32 Å². The number of benzene rings is 1. The Morgan fingerprint density at radius 2 is 2.04 bits per heavy atom. The molecule has 0 aliphatic rings. The number of rotatable bonds is 6. The van der Waals surface area contributed by atoms with Gasteiger partial charge in [0.2, 0.25) is 0 Å². The summed E-state index contributed by atoms with van der Waals surface area (Å²) in [4.78, 5) is 35.2. The van der Waals surface area contributed by atoms with E-state index in [9.17, 15) is 18.8 Å². The topological polar surface area (TPSA) is 93.7 Å². The van der Waals surface area contributed by atoms with E-state index in [0.29, 0.717) is 22.2 Å². The molecule has 0 aliphatic heterocycles. The molecule has 0 spiro atoms. The van der Waals surface area contributed by atoms with Crippen LogP contribution in [-0.2, 0) is 20.9 Å². The second-order valence-corrected chi connectivity index (χ2v) is 5.99. The minimum absolute atomic E-state index is 0.0243. The van der Waals surface area contributed by atoms with Gasteiger partial charge in [0.05, 0.1) is 6.61 Å². The van der Waals surface area contributed by atoms with E-state index in [1.54, 1.807) is 19.1 Å². The molecule has 7 nitrogen and oxygen atoms in total. The molecule has 1 heterocycles. The summed E-state index contributed by atoms with van der Waals surface area (Å²) < 4.78 is 24.6. The normalized spacial score (nSPS) is 10.5. The lowest BCUT2D eigenvalue weighted by molar-refractivity contribution is -0.123. The highest BCUT2D eigenvalue weighted by Crippen LogP contribution is 2.34. The molecule has 0 atom stereocenters. The van der Waals surface area contributed by atoms with E-state index in [1.165, 1.54) is 13.2 Å². The SMILES string of the molecule is CCNC(=O)NC(=O)COC(=O)c1sc2cccc(F)c2c1COC. The molecule has 0 saturated carbocycles. The number of nitrogens with one attached hydrogen (secondary N) is 2. The molecule has 0 aliphatic carbocycles. The number of carbonyl (C=O) groups excluding carboxylic acids is 3. The molecule has 1 aromatic carbocycles. The first-order chi connectivity index (χ1) is 12.0. The third kappa shape index (κ3) is 4.52. The van der Waals surface area contributed by atoms with Crippen molar-refractivity contribution in [3.8, 4) is 0 Å². The first-order valence-corrected chi connectivity index (χ1v) is 8.23. The van der Waals surface area contributed by atoms with Gasteiger partial charge in [0.1, 0.15) is 10.7 Å². The zero-order valence-corrected chi connectivity index (χ0v) is 14.5. The van der Waals surface area contributed by atoms with Crippen LogP contribution in [0.2, 0.25) is 0 Å². The lowest BCUT2D eigenvalue weighted by Gasteiger charge is -2.07. The van der Waals surface area contributed by atoms with Crippen LogP contribution < -0.4 is 10.6 Å². The second kappa shape index (κ2) is 8.54. The number of hydrogen-bond acceptors (Lipinski definition) is 6. The molecule has 0 radical (unpaired) electrons. The number of esters is 1. The van der Waals surface area contributed by atoms with E-state index in [-0.39, 0.29) is 11.5 Å². The van der Waals surface area contributed by atoms with Gasteiger partial charge in [0.25, 0.3) is 5.91 Å². The van der Waals surface area contributed by atoms with Crippen LogP contribution in [0.3, 0.4) is 0 Å². The maximum Gasteiger partial charge on any atom is 0.349 e. The molecule has 0 saturated heterocycles. The summed E-state index contributed by atoms with van der Waals surface area (Å²) in [7, 11) is 1.43. The average molecular weight is 368 g/mol. The minimum Gasteiger partial charge on any atom is -0.451 e. The van der Waals surface area contributed by atoms with E-state index in [0.717, 1.165) is 11.3 Å². The molecule has 2 rings (SSSR count). The molecule has 2 aromatic rings. The van der Waals surface area contributed by atoms with Gasteiger partial charge in [-0.1, -0.05) is 6.07 Å². The summed E-state index contributed by atoms with van der Waals surface area (Å²) in [6.45, 7) is 1.45. The van der Waals surface area contributed by atoms with Crippen molar-refractivity contribution in [2.75, 3.05) is 20.3 Å². The summed E-state index contributed by atoms with van der Waals surface area (Å²) >= 11 is 1.05. The van der Waals surface area contributed by atoms with Gasteiger partial charge in [0, 0.05) is 29.3 Å². The Bertz CT molecular complexity index is 805. The van der Waals surface area contributed by atoms with Gasteiger partial charge in [0.15, 0.2) is 6.61 Å². The molecule has 0 fully saturated rings. The highest BCUT2D eigenvalue weighted by Gasteiger charge is 2.22. The van der Waals surface area contributed by atoms with Crippen molar-refractivity contribution < 1.29 is 28.2 Å². The number of amides is 3. The van der Waals surface area contributed by atoms with Crippen molar-refractivity contribution in [3.63, 3.8) is 0 Å². The fourth-order valence-electron chi connectivity index (χ4n) is 2.18. The number of thiophene rings is 1. The van der Waals surface area contributed by atoms with Crippen molar-refractivity contribution in [1.29, 1.82) is 0 Å². The Labute approximate surface area is 147 Å². The van der Waals surface area contributed by atoms with Gasteiger partial charge in [-0.15, -0.1) is 11.3 Å². The molecular formula is C16H17FN2O5S. The van der Waals surface area contributed by atoms with Crippen molar-refractivity contribution in [3.05, 3.63) is 34.5 Å². The summed E-state index contributed by atoms with van der Waals surface area (Å²) in [5.74, 6) is -2.01. The highest BCUT2D eigenvalue weighted by molar-refractivity contribution is 7.21. The first-order valence-electron chi connectivity index (χ1n) is 7.41. The molecule has 25 heavy (non-hydrogen) atoms. The van der Waals surface area contributed by atoms with Crippen LogP contribution in [0.5, 0.6) is 0 Å². The molecule has 0 unspecified atom stereocenters. The van der Waals surface area contributed by atoms with Gasteiger partial charge < -0.3 is 14.8 Å². The van der Waals surface area contributed by atoms with E-state index >= 15 is 0 Å². The van der Waals surface area contributed by atoms with Gasteiger partial charge >= 0.3 is 12.0 Å². The lowest BCUT2D eigenvalue weighted by Crippen LogP contribution is -2.41. The zero-order valence-electron chi connectivity index (χ0n) is 13.7. The average Bonchev–Trinajstić information content (AvgIpc) is 2.93. The molecular weight excluding hydrogens is 351 g/mol. The van der Waals surface area contributed by atoms with Crippen LogP contribution in [-0.4, -0.2) is 38.2 Å². The summed E-state index contributed by atoms with van der Waals surface area (Å²) in [5.41, 5.74) is 0.370. The number of carbonyl (C=O) groups is 3. The van der Waals surface area contributed by atoms with Crippen LogP contribution in [0.25, 0.3) is 10.1 Å². The van der Waals surface area contributed by atoms with Gasteiger partial charge in [-0.25, -0.2) is 14.0 Å². The number of hydrogen-bond donors (Lipinski definition) is 2. The zero-order chi connectivity index (χ0) is 18.4. The van der Waals surface area contributed by atoms with Gasteiger partial charge in [-0.2, -0.15) is 0 Å². The van der Waals surface area contributed by atoms with Crippen LogP contribution in [0.1, 0.15) is 22.2 Å². The molecule has 1 aromatic heterocycles. The minimum atomic E-state index is -0.779. The number of imide groups is 1. The monoisotopic (exact) mass is 368 g/mol. The quantitative estimate of drug-likeness (QED) is 0.763. The van der Waals surface area contributed by atoms with Crippen molar-refractivity contribution in [2.24, 2.45) is 0 Å². The molecule has 2 N–H and O–H groups in total. The molecule has 9 heteroatoms. The maximum absolute atomic E-state index is 14.1. The number of fused-ring (bicyclic) bond motifs is 1.